The summed E-state index contributed by atoms with van der Waals surface area (Å²) in [6.45, 7) is 0. The van der Waals surface area contributed by atoms with E-state index in [0.29, 0.717) is 10.7 Å². The molecule has 2 aromatic heterocycles. The van der Waals surface area contributed by atoms with Gasteiger partial charge in [-0.15, -0.1) is 0 Å². The van der Waals surface area contributed by atoms with Crippen molar-refractivity contribution >= 4 is 39.0 Å². The minimum Gasteiger partial charge on any atom is -0.298 e. The van der Waals surface area contributed by atoms with Crippen LogP contribution in [0.5, 0.6) is 0 Å². The fourth-order valence-corrected chi connectivity index (χ4v) is 3.66. The van der Waals surface area contributed by atoms with Crippen molar-refractivity contribution in [3.05, 3.63) is 83.6 Å². The monoisotopic (exact) mass is 424 g/mol. The Kier molecular flexibility index (Phi) is 5.08. The van der Waals surface area contributed by atoms with Crippen LogP contribution in [0.1, 0.15) is 5.69 Å². The number of hydrazone groups is 1. The highest BCUT2D eigenvalue weighted by Gasteiger charge is 2.14. The Hall–Kier alpha value is -3.16. The quantitative estimate of drug-likeness (QED) is 0.378. The number of aromatic nitrogens is 2. The Labute approximate surface area is 173 Å². The lowest BCUT2D eigenvalue weighted by atomic mass is 10.1. The summed E-state index contributed by atoms with van der Waals surface area (Å²) in [6, 6.07) is 19.6. The maximum absolute atomic E-state index is 11.7. The van der Waals surface area contributed by atoms with E-state index in [2.05, 4.69) is 15.5 Å². The number of benzene rings is 2. The van der Waals surface area contributed by atoms with Crippen molar-refractivity contribution in [3.8, 4) is 11.3 Å². The molecule has 2 aromatic carbocycles. The number of hydrogen-bond acceptors (Lipinski definition) is 5. The predicted molar refractivity (Wildman–Crippen MR) is 116 cm³/mol. The molecule has 1 N–H and O–H groups in total. The molecule has 0 spiro atoms. The first-order valence-corrected chi connectivity index (χ1v) is 11.0. The van der Waals surface area contributed by atoms with E-state index in [1.165, 1.54) is 6.26 Å². The molecule has 4 aromatic rings. The Morgan fingerprint density at radius 2 is 1.76 bits per heavy atom. The van der Waals surface area contributed by atoms with Crippen LogP contribution in [0, 0.1) is 0 Å². The van der Waals surface area contributed by atoms with Gasteiger partial charge in [0.1, 0.15) is 5.65 Å². The van der Waals surface area contributed by atoms with Gasteiger partial charge in [0.05, 0.1) is 28.2 Å². The molecule has 0 saturated heterocycles. The minimum absolute atomic E-state index is 0.268. The van der Waals surface area contributed by atoms with E-state index >= 15 is 0 Å². The number of imidazole rings is 1. The van der Waals surface area contributed by atoms with Crippen LogP contribution in [0.25, 0.3) is 16.9 Å². The molecule has 0 fully saturated rings. The molecule has 29 heavy (non-hydrogen) atoms. The summed E-state index contributed by atoms with van der Waals surface area (Å²) >= 11 is 5.90. The van der Waals surface area contributed by atoms with E-state index in [1.807, 2.05) is 40.9 Å². The fourth-order valence-electron chi connectivity index (χ4n) is 2.90. The Morgan fingerprint density at radius 1 is 1.03 bits per heavy atom. The van der Waals surface area contributed by atoms with Crippen LogP contribution in [0.4, 0.5) is 5.69 Å². The van der Waals surface area contributed by atoms with Gasteiger partial charge < -0.3 is 0 Å². The Morgan fingerprint density at radius 3 is 2.45 bits per heavy atom. The van der Waals surface area contributed by atoms with Gasteiger partial charge in [-0.05, 0) is 48.5 Å². The highest BCUT2D eigenvalue weighted by Crippen LogP contribution is 2.25. The molecule has 146 valence electrons. The zero-order valence-corrected chi connectivity index (χ0v) is 17.0. The second kappa shape index (κ2) is 7.69. The largest absolute Gasteiger partial charge is 0.298 e. The van der Waals surface area contributed by atoms with Gasteiger partial charge in [0.25, 0.3) is 0 Å². The summed E-state index contributed by atoms with van der Waals surface area (Å²) in [5.74, 6) is 0. The molecule has 0 unspecified atom stereocenters. The SMILES string of the molecule is CS(=O)(=O)c1ccc(-c2nc3ccccn3c2/C=N/Nc2ccc(Cl)cc2)cc1. The van der Waals surface area contributed by atoms with E-state index in [-0.39, 0.29) is 4.90 Å². The topological polar surface area (TPSA) is 75.8 Å². The summed E-state index contributed by atoms with van der Waals surface area (Å²) in [5.41, 5.74) is 6.82. The highest BCUT2D eigenvalue weighted by atomic mass is 35.5. The molecule has 0 amide bonds. The molecule has 0 aliphatic heterocycles. The number of nitrogens with one attached hydrogen (secondary N) is 1. The summed E-state index contributed by atoms with van der Waals surface area (Å²) in [6.07, 6.45) is 4.78. The van der Waals surface area contributed by atoms with E-state index in [1.54, 1.807) is 42.6 Å². The van der Waals surface area contributed by atoms with Crippen LogP contribution in [0.2, 0.25) is 5.02 Å². The molecule has 6 nitrogen and oxygen atoms in total. The molecular weight excluding hydrogens is 408 g/mol. The minimum atomic E-state index is -3.26. The Balaban J connectivity index is 1.72. The average Bonchev–Trinajstić information content (AvgIpc) is 3.08. The highest BCUT2D eigenvalue weighted by molar-refractivity contribution is 7.90. The number of fused-ring (bicyclic) bond motifs is 1. The summed E-state index contributed by atoms with van der Waals surface area (Å²) in [5, 5.41) is 4.99. The van der Waals surface area contributed by atoms with Crippen LogP contribution in [-0.2, 0) is 9.84 Å². The lowest BCUT2D eigenvalue weighted by Crippen LogP contribution is -1.98. The standard InChI is InChI=1S/C21H17ClN4O2S/c1-29(27,28)18-11-5-15(6-12-18)21-19(26-13-3-2-4-20(26)24-21)14-23-25-17-9-7-16(22)8-10-17/h2-14,25H,1H3/b23-14+. The molecule has 8 heteroatoms. The molecule has 0 saturated carbocycles. The van der Waals surface area contributed by atoms with Crippen LogP contribution >= 0.6 is 11.6 Å². The number of pyridine rings is 1. The second-order valence-corrected chi connectivity index (χ2v) is 8.90. The van der Waals surface area contributed by atoms with Crippen molar-refractivity contribution in [3.63, 3.8) is 0 Å². The van der Waals surface area contributed by atoms with Crippen molar-refractivity contribution in [2.24, 2.45) is 5.10 Å². The van der Waals surface area contributed by atoms with Gasteiger partial charge in [-0.3, -0.25) is 9.83 Å². The van der Waals surface area contributed by atoms with Crippen LogP contribution in [-0.4, -0.2) is 30.3 Å². The smallest absolute Gasteiger partial charge is 0.175 e. The van der Waals surface area contributed by atoms with Gasteiger partial charge in [-0.1, -0.05) is 29.8 Å². The van der Waals surface area contributed by atoms with Crippen LogP contribution in [0.15, 0.2) is 82.9 Å². The third kappa shape index (κ3) is 4.16. The van der Waals surface area contributed by atoms with Crippen molar-refractivity contribution in [2.45, 2.75) is 4.90 Å². The number of hydrogen-bond donors (Lipinski definition) is 1. The normalized spacial score (nSPS) is 11.9. The Bertz CT molecular complexity index is 1300. The lowest BCUT2D eigenvalue weighted by molar-refractivity contribution is 0.602. The zero-order chi connectivity index (χ0) is 20.4. The molecule has 2 heterocycles. The van der Waals surface area contributed by atoms with Gasteiger partial charge in [-0.2, -0.15) is 5.10 Å². The maximum atomic E-state index is 11.7. The average molecular weight is 425 g/mol. The first kappa shape index (κ1) is 19.2. The molecule has 0 radical (unpaired) electrons. The number of rotatable bonds is 5. The number of sulfone groups is 1. The maximum Gasteiger partial charge on any atom is 0.175 e. The van der Waals surface area contributed by atoms with Gasteiger partial charge in [-0.25, -0.2) is 13.4 Å². The van der Waals surface area contributed by atoms with Crippen molar-refractivity contribution in [1.82, 2.24) is 9.38 Å². The van der Waals surface area contributed by atoms with E-state index < -0.39 is 9.84 Å². The van der Waals surface area contributed by atoms with Gasteiger partial charge in [0, 0.05) is 23.0 Å². The molecule has 4 rings (SSSR count). The van der Waals surface area contributed by atoms with Crippen molar-refractivity contribution < 1.29 is 8.42 Å². The molecule has 0 aliphatic rings. The number of anilines is 1. The molecule has 0 bridgehead atoms. The van der Waals surface area contributed by atoms with Crippen molar-refractivity contribution in [2.75, 3.05) is 11.7 Å². The fraction of sp³-hybridized carbons (Fsp3) is 0.0476. The number of halogens is 1. The molecular formula is C21H17ClN4O2S. The second-order valence-electron chi connectivity index (χ2n) is 6.45. The van der Waals surface area contributed by atoms with E-state index in [0.717, 1.165) is 22.6 Å². The molecule has 0 atom stereocenters. The summed E-state index contributed by atoms with van der Waals surface area (Å²) in [4.78, 5) is 4.96. The van der Waals surface area contributed by atoms with Crippen LogP contribution < -0.4 is 5.43 Å². The summed E-state index contributed by atoms with van der Waals surface area (Å²) in [7, 11) is -3.26. The van der Waals surface area contributed by atoms with E-state index in [4.69, 9.17) is 11.6 Å². The lowest BCUT2D eigenvalue weighted by Gasteiger charge is -2.03. The predicted octanol–water partition coefficient (Wildman–Crippen LogP) is 4.50. The molecule has 0 aliphatic carbocycles. The summed E-state index contributed by atoms with van der Waals surface area (Å²) < 4.78 is 25.4. The van der Waals surface area contributed by atoms with Crippen LogP contribution in [0.3, 0.4) is 0 Å². The van der Waals surface area contributed by atoms with E-state index in [9.17, 15) is 8.42 Å². The van der Waals surface area contributed by atoms with Gasteiger partial charge in [0.2, 0.25) is 0 Å². The van der Waals surface area contributed by atoms with Crippen molar-refractivity contribution in [1.29, 1.82) is 0 Å². The number of nitrogens with zero attached hydrogens (tertiary/aromatic N) is 3. The zero-order valence-electron chi connectivity index (χ0n) is 15.4. The third-order valence-corrected chi connectivity index (χ3v) is 5.73. The first-order valence-electron chi connectivity index (χ1n) is 8.74. The van der Waals surface area contributed by atoms with Gasteiger partial charge in [0.15, 0.2) is 9.84 Å². The first-order chi connectivity index (χ1) is 13.9. The third-order valence-electron chi connectivity index (χ3n) is 4.35. The van der Waals surface area contributed by atoms with Gasteiger partial charge >= 0.3 is 0 Å².